The number of hydrogen-bond acceptors (Lipinski definition) is 4. The predicted molar refractivity (Wildman–Crippen MR) is 163 cm³/mol. The number of fused-ring (bicyclic) bond motifs is 3. The van der Waals surface area contributed by atoms with E-state index in [0.717, 1.165) is 33.4 Å². The third-order valence-corrected chi connectivity index (χ3v) is 7.59. The molecule has 7 heteroatoms. The van der Waals surface area contributed by atoms with Crippen molar-refractivity contribution in [3.63, 3.8) is 0 Å². The average molecular weight is 562 g/mol. The number of rotatable bonds is 10. The third kappa shape index (κ3) is 6.36. The Morgan fingerprint density at radius 3 is 1.86 bits per heavy atom. The maximum Gasteiger partial charge on any atom is 0.408 e. The monoisotopic (exact) mass is 561 g/mol. The summed E-state index contributed by atoms with van der Waals surface area (Å²) < 4.78 is 5.73. The van der Waals surface area contributed by atoms with Crippen LogP contribution in [0.25, 0.3) is 22.3 Å². The van der Waals surface area contributed by atoms with Crippen LogP contribution in [-0.4, -0.2) is 30.6 Å². The fourth-order valence-electron chi connectivity index (χ4n) is 5.53. The van der Waals surface area contributed by atoms with Crippen molar-refractivity contribution in [3.8, 4) is 22.3 Å². The fourth-order valence-corrected chi connectivity index (χ4v) is 5.53. The number of alkyl carbamates (subject to hydrolysis) is 1. The Morgan fingerprint density at radius 2 is 1.29 bits per heavy atom. The van der Waals surface area contributed by atoms with Gasteiger partial charge in [-0.1, -0.05) is 117 Å². The second-order valence-corrected chi connectivity index (χ2v) is 11.0. The van der Waals surface area contributed by atoms with Crippen LogP contribution >= 0.6 is 0 Å². The van der Waals surface area contributed by atoms with Crippen molar-refractivity contribution in [1.82, 2.24) is 10.6 Å². The second kappa shape index (κ2) is 12.7. The zero-order valence-corrected chi connectivity index (χ0v) is 23.7. The summed E-state index contributed by atoms with van der Waals surface area (Å²) >= 11 is 0. The van der Waals surface area contributed by atoms with Gasteiger partial charge in [0.25, 0.3) is 0 Å². The highest BCUT2D eigenvalue weighted by molar-refractivity contribution is 5.91. The molecule has 0 spiro atoms. The smallest absolute Gasteiger partial charge is 0.408 e. The molecule has 1 aliphatic carbocycles. The van der Waals surface area contributed by atoms with Crippen LogP contribution in [0.4, 0.5) is 4.79 Å². The van der Waals surface area contributed by atoms with E-state index >= 15 is 0 Å². The zero-order chi connectivity index (χ0) is 29.6. The number of primary amides is 1. The van der Waals surface area contributed by atoms with E-state index in [2.05, 4.69) is 22.8 Å². The van der Waals surface area contributed by atoms with Gasteiger partial charge in [-0.3, -0.25) is 9.59 Å². The van der Waals surface area contributed by atoms with Crippen LogP contribution in [-0.2, 0) is 14.3 Å². The molecule has 0 unspecified atom stereocenters. The first-order valence-electron chi connectivity index (χ1n) is 14.2. The Bertz CT molecular complexity index is 1520. The van der Waals surface area contributed by atoms with Gasteiger partial charge in [0.15, 0.2) is 0 Å². The summed E-state index contributed by atoms with van der Waals surface area (Å²) in [6, 6.07) is 31.4. The summed E-state index contributed by atoms with van der Waals surface area (Å²) in [5.41, 5.74) is 12.6. The van der Waals surface area contributed by atoms with Crippen LogP contribution < -0.4 is 16.4 Å². The topological polar surface area (TPSA) is 111 Å². The van der Waals surface area contributed by atoms with E-state index in [-0.39, 0.29) is 18.4 Å². The Morgan fingerprint density at radius 1 is 0.738 bits per heavy atom. The molecule has 4 N–H and O–H groups in total. The van der Waals surface area contributed by atoms with Gasteiger partial charge in [0.2, 0.25) is 11.8 Å². The minimum Gasteiger partial charge on any atom is -0.449 e. The summed E-state index contributed by atoms with van der Waals surface area (Å²) in [7, 11) is 0. The summed E-state index contributed by atoms with van der Waals surface area (Å²) in [6.45, 7) is 3.99. The first kappa shape index (κ1) is 28.6. The molecule has 0 radical (unpaired) electrons. The molecule has 0 fully saturated rings. The molecule has 214 valence electrons. The van der Waals surface area contributed by atoms with E-state index in [1.165, 1.54) is 0 Å². The number of nitrogens with one attached hydrogen (secondary N) is 2. The highest BCUT2D eigenvalue weighted by atomic mass is 16.5. The van der Waals surface area contributed by atoms with Crippen molar-refractivity contribution in [2.24, 2.45) is 11.7 Å². The van der Waals surface area contributed by atoms with Crippen molar-refractivity contribution in [2.45, 2.75) is 38.3 Å². The van der Waals surface area contributed by atoms with Crippen LogP contribution in [0.1, 0.15) is 48.9 Å². The quantitative estimate of drug-likeness (QED) is 0.222. The lowest BCUT2D eigenvalue weighted by molar-refractivity contribution is -0.129. The zero-order valence-electron chi connectivity index (χ0n) is 23.7. The number of hydrogen-bond donors (Lipinski definition) is 3. The number of amides is 3. The molecule has 4 aromatic carbocycles. The normalized spacial score (nSPS) is 13.5. The molecule has 5 rings (SSSR count). The van der Waals surface area contributed by atoms with Crippen molar-refractivity contribution < 1.29 is 19.1 Å². The lowest BCUT2D eigenvalue weighted by Crippen LogP contribution is -2.49. The molecule has 0 bridgehead atoms. The van der Waals surface area contributed by atoms with Crippen molar-refractivity contribution in [2.75, 3.05) is 6.61 Å². The summed E-state index contributed by atoms with van der Waals surface area (Å²) in [4.78, 5) is 38.8. The first-order chi connectivity index (χ1) is 20.3. The van der Waals surface area contributed by atoms with E-state index in [9.17, 15) is 14.4 Å². The summed E-state index contributed by atoms with van der Waals surface area (Å²) in [5, 5.41) is 5.47. The Labute approximate surface area is 246 Å². The molecule has 0 saturated carbocycles. The Balaban J connectivity index is 1.35. The summed E-state index contributed by atoms with van der Waals surface area (Å²) in [5.74, 6) is -1.16. The van der Waals surface area contributed by atoms with Gasteiger partial charge in [-0.2, -0.15) is 0 Å². The summed E-state index contributed by atoms with van der Waals surface area (Å²) in [6.07, 6.45) is -0.352. The number of ether oxygens (including phenoxy) is 1. The van der Waals surface area contributed by atoms with Crippen LogP contribution in [0.5, 0.6) is 0 Å². The molecule has 2 atom stereocenters. The molecule has 42 heavy (non-hydrogen) atoms. The molecular weight excluding hydrogens is 526 g/mol. The standard InChI is InChI=1S/C35H35N3O4/c1-22(2)20-31(33(36)39)37-34(40)32(25-18-16-24(17-19-25)23-10-4-3-5-11-23)38-35(41)42-21-30-28-14-8-6-12-26(28)27-13-7-9-15-29(27)30/h3-19,22,30-32H,20-21H2,1-2H3,(H2,36,39)(H,37,40)(H,38,41)/t31-,32+/m0/s1. The first-order valence-corrected chi connectivity index (χ1v) is 14.2. The molecular formula is C35H35N3O4. The van der Waals surface area contributed by atoms with Gasteiger partial charge in [0.05, 0.1) is 0 Å². The van der Waals surface area contributed by atoms with Gasteiger partial charge in [0.1, 0.15) is 18.7 Å². The molecule has 4 aromatic rings. The third-order valence-electron chi connectivity index (χ3n) is 7.59. The lowest BCUT2D eigenvalue weighted by atomic mass is 9.98. The van der Waals surface area contributed by atoms with E-state index in [1.807, 2.05) is 92.7 Å². The number of carbonyl (C=O) groups excluding carboxylic acids is 3. The van der Waals surface area contributed by atoms with E-state index in [0.29, 0.717) is 12.0 Å². The highest BCUT2D eigenvalue weighted by Crippen LogP contribution is 2.44. The van der Waals surface area contributed by atoms with Gasteiger partial charge in [0, 0.05) is 5.92 Å². The molecule has 0 heterocycles. The minimum atomic E-state index is -1.10. The molecule has 0 aliphatic heterocycles. The Kier molecular flexibility index (Phi) is 8.67. The Hall–Kier alpha value is -4.91. The van der Waals surface area contributed by atoms with Gasteiger partial charge in [-0.05, 0) is 51.3 Å². The number of carbonyl (C=O) groups is 3. The average Bonchev–Trinajstić information content (AvgIpc) is 3.32. The predicted octanol–water partition coefficient (Wildman–Crippen LogP) is 5.95. The van der Waals surface area contributed by atoms with Crippen molar-refractivity contribution in [1.29, 1.82) is 0 Å². The van der Waals surface area contributed by atoms with E-state index in [4.69, 9.17) is 10.5 Å². The SMILES string of the molecule is CC(C)C[C@H](NC(=O)[C@H](NC(=O)OCC1c2ccccc2-c2ccccc21)c1ccc(-c2ccccc2)cc1)C(N)=O. The number of nitrogens with two attached hydrogens (primary N) is 1. The molecule has 0 saturated heterocycles. The van der Waals surface area contributed by atoms with Gasteiger partial charge < -0.3 is 21.1 Å². The van der Waals surface area contributed by atoms with Crippen LogP contribution in [0.15, 0.2) is 103 Å². The van der Waals surface area contributed by atoms with Crippen LogP contribution in [0, 0.1) is 5.92 Å². The van der Waals surface area contributed by atoms with E-state index in [1.54, 1.807) is 12.1 Å². The van der Waals surface area contributed by atoms with Gasteiger partial charge in [-0.15, -0.1) is 0 Å². The minimum absolute atomic E-state index is 0.110. The van der Waals surface area contributed by atoms with Crippen molar-refractivity contribution >= 4 is 17.9 Å². The fraction of sp³-hybridized carbons (Fsp3) is 0.229. The van der Waals surface area contributed by atoms with Crippen molar-refractivity contribution in [3.05, 3.63) is 120 Å². The maximum absolute atomic E-state index is 13.5. The van der Waals surface area contributed by atoms with E-state index < -0.39 is 30.0 Å². The van der Waals surface area contributed by atoms with Gasteiger partial charge in [-0.25, -0.2) is 4.79 Å². The molecule has 1 aliphatic rings. The van der Waals surface area contributed by atoms with Crippen LogP contribution in [0.2, 0.25) is 0 Å². The maximum atomic E-state index is 13.5. The lowest BCUT2D eigenvalue weighted by Gasteiger charge is -2.23. The molecule has 7 nitrogen and oxygen atoms in total. The molecule has 3 amide bonds. The second-order valence-electron chi connectivity index (χ2n) is 11.0. The molecule has 0 aromatic heterocycles. The highest BCUT2D eigenvalue weighted by Gasteiger charge is 2.31. The van der Waals surface area contributed by atoms with Gasteiger partial charge >= 0.3 is 6.09 Å². The largest absolute Gasteiger partial charge is 0.449 e. The van der Waals surface area contributed by atoms with Crippen LogP contribution in [0.3, 0.4) is 0 Å². The number of benzene rings is 4.